The van der Waals surface area contributed by atoms with Crippen molar-refractivity contribution in [1.29, 1.82) is 0 Å². The molecule has 78 valence electrons. The molecule has 0 aromatic heterocycles. The van der Waals surface area contributed by atoms with Crippen LogP contribution in [-0.2, 0) is 13.6 Å². The van der Waals surface area contributed by atoms with Gasteiger partial charge in [-0.05, 0) is 26.3 Å². The van der Waals surface area contributed by atoms with Gasteiger partial charge in [-0.1, -0.05) is 5.57 Å². The molecular formula is C8H17O4P. The van der Waals surface area contributed by atoms with Crippen molar-refractivity contribution in [3.63, 3.8) is 0 Å². The van der Waals surface area contributed by atoms with Crippen molar-refractivity contribution in [2.75, 3.05) is 14.2 Å². The Balaban J connectivity index is 4.88. The van der Waals surface area contributed by atoms with Crippen molar-refractivity contribution in [3.8, 4) is 0 Å². The van der Waals surface area contributed by atoms with E-state index in [1.54, 1.807) is 6.92 Å². The molecule has 4 nitrogen and oxygen atoms in total. The Morgan fingerprint density at radius 1 is 1.23 bits per heavy atom. The average molecular weight is 208 g/mol. The molecule has 0 fully saturated rings. The smallest absolute Gasteiger partial charge is 0.362 e. The quantitative estimate of drug-likeness (QED) is 0.568. The summed E-state index contributed by atoms with van der Waals surface area (Å²) in [6.45, 7) is 5.35. The fourth-order valence-corrected chi connectivity index (χ4v) is 2.05. The lowest BCUT2D eigenvalue weighted by molar-refractivity contribution is 0.194. The molecule has 0 aromatic rings. The zero-order valence-electron chi connectivity index (χ0n) is 8.70. The van der Waals surface area contributed by atoms with Crippen LogP contribution in [0.1, 0.15) is 20.8 Å². The molecule has 0 rings (SSSR count). The van der Waals surface area contributed by atoms with Gasteiger partial charge in [0.05, 0.1) is 0 Å². The summed E-state index contributed by atoms with van der Waals surface area (Å²) in [6, 6.07) is 0. The molecule has 0 aliphatic rings. The molecule has 1 unspecified atom stereocenters. The number of aliphatic hydroxyl groups excluding tert-OH is 1. The van der Waals surface area contributed by atoms with E-state index >= 15 is 0 Å². The molecule has 0 aliphatic heterocycles. The maximum absolute atomic E-state index is 11.7. The van der Waals surface area contributed by atoms with Gasteiger partial charge in [0.2, 0.25) is 0 Å². The zero-order chi connectivity index (χ0) is 10.6. The summed E-state index contributed by atoms with van der Waals surface area (Å²) in [6.07, 6.45) is 0. The van der Waals surface area contributed by atoms with Gasteiger partial charge in [-0.15, -0.1) is 0 Å². The van der Waals surface area contributed by atoms with E-state index in [1.165, 1.54) is 14.2 Å². The van der Waals surface area contributed by atoms with Crippen molar-refractivity contribution in [1.82, 2.24) is 0 Å². The molecule has 0 spiro atoms. The van der Waals surface area contributed by atoms with Gasteiger partial charge in [-0.3, -0.25) is 4.57 Å². The minimum atomic E-state index is -3.38. The molecule has 0 saturated heterocycles. The molecule has 0 aliphatic carbocycles. The van der Waals surface area contributed by atoms with E-state index in [0.717, 1.165) is 5.57 Å². The van der Waals surface area contributed by atoms with E-state index in [9.17, 15) is 9.67 Å². The monoisotopic (exact) mass is 208 g/mol. The number of hydrogen-bond acceptors (Lipinski definition) is 4. The summed E-state index contributed by atoms with van der Waals surface area (Å²) < 4.78 is 21.0. The minimum Gasteiger partial charge on any atom is -0.376 e. The fraction of sp³-hybridized carbons (Fsp3) is 0.750. The Morgan fingerprint density at radius 3 is 1.85 bits per heavy atom. The highest BCUT2D eigenvalue weighted by atomic mass is 31.2. The van der Waals surface area contributed by atoms with Crippen LogP contribution < -0.4 is 0 Å². The number of hydrogen-bond donors (Lipinski definition) is 1. The maximum atomic E-state index is 11.7. The van der Waals surface area contributed by atoms with Crippen molar-refractivity contribution in [2.24, 2.45) is 0 Å². The third-order valence-electron chi connectivity index (χ3n) is 1.98. The minimum absolute atomic E-state index is 0.618. The maximum Gasteiger partial charge on any atom is 0.362 e. The Bertz CT molecular complexity index is 235. The summed E-state index contributed by atoms with van der Waals surface area (Å²) in [7, 11) is -0.873. The number of allylic oxidation sites excluding steroid dienone is 1. The van der Waals surface area contributed by atoms with Crippen LogP contribution in [0, 0.1) is 0 Å². The highest BCUT2D eigenvalue weighted by molar-refractivity contribution is 7.54. The van der Waals surface area contributed by atoms with Crippen LogP contribution >= 0.6 is 7.60 Å². The second-order valence-corrected chi connectivity index (χ2v) is 5.26. The second-order valence-electron chi connectivity index (χ2n) is 2.96. The van der Waals surface area contributed by atoms with E-state index in [2.05, 4.69) is 9.05 Å². The zero-order valence-corrected chi connectivity index (χ0v) is 9.59. The van der Waals surface area contributed by atoms with Crippen LogP contribution in [0.25, 0.3) is 0 Å². The van der Waals surface area contributed by atoms with Crippen LogP contribution in [0.15, 0.2) is 11.1 Å². The SMILES string of the molecule is COP(=O)(OC)C(O)C(C)=C(C)C. The number of aliphatic hydroxyl groups is 1. The van der Waals surface area contributed by atoms with Crippen molar-refractivity contribution in [2.45, 2.75) is 26.6 Å². The molecule has 1 N–H and O–H groups in total. The van der Waals surface area contributed by atoms with E-state index in [1.807, 2.05) is 13.8 Å². The van der Waals surface area contributed by atoms with E-state index < -0.39 is 13.4 Å². The molecular weight excluding hydrogens is 191 g/mol. The van der Waals surface area contributed by atoms with E-state index in [-0.39, 0.29) is 0 Å². The van der Waals surface area contributed by atoms with Crippen molar-refractivity contribution < 1.29 is 18.7 Å². The van der Waals surface area contributed by atoms with E-state index in [4.69, 9.17) is 0 Å². The molecule has 0 radical (unpaired) electrons. The van der Waals surface area contributed by atoms with Crippen molar-refractivity contribution >= 4 is 7.60 Å². The number of rotatable bonds is 4. The van der Waals surface area contributed by atoms with Crippen LogP contribution in [0.4, 0.5) is 0 Å². The van der Waals surface area contributed by atoms with Gasteiger partial charge in [0, 0.05) is 14.2 Å². The Kier molecular flexibility index (Phi) is 4.86. The molecule has 0 amide bonds. The summed E-state index contributed by atoms with van der Waals surface area (Å²) >= 11 is 0. The second kappa shape index (κ2) is 4.91. The highest BCUT2D eigenvalue weighted by Gasteiger charge is 2.33. The van der Waals surface area contributed by atoms with Crippen LogP contribution in [-0.4, -0.2) is 25.2 Å². The van der Waals surface area contributed by atoms with Crippen LogP contribution in [0.2, 0.25) is 0 Å². The summed E-state index contributed by atoms with van der Waals surface area (Å²) in [5, 5.41) is 9.64. The van der Waals surface area contributed by atoms with Crippen molar-refractivity contribution in [3.05, 3.63) is 11.1 Å². The summed E-state index contributed by atoms with van der Waals surface area (Å²) in [4.78, 5) is 0. The first-order chi connectivity index (χ1) is 5.89. The predicted octanol–water partition coefficient (Wildman–Crippen LogP) is 2.15. The molecule has 0 saturated carbocycles. The lowest BCUT2D eigenvalue weighted by atomic mass is 10.2. The summed E-state index contributed by atoms with van der Waals surface area (Å²) in [5.74, 6) is -1.17. The largest absolute Gasteiger partial charge is 0.376 e. The Labute approximate surface area is 79.1 Å². The lowest BCUT2D eigenvalue weighted by Gasteiger charge is -2.21. The van der Waals surface area contributed by atoms with Crippen LogP contribution in [0.5, 0.6) is 0 Å². The van der Waals surface area contributed by atoms with Gasteiger partial charge >= 0.3 is 7.60 Å². The third-order valence-corrected chi connectivity index (χ3v) is 3.99. The van der Waals surface area contributed by atoms with Gasteiger partial charge in [0.25, 0.3) is 0 Å². The van der Waals surface area contributed by atoms with E-state index in [0.29, 0.717) is 5.57 Å². The standard InChI is InChI=1S/C8H17O4P/c1-6(2)7(3)8(9)13(10,11-4)12-5/h8-9H,1-5H3. The van der Waals surface area contributed by atoms with Gasteiger partial charge in [-0.2, -0.15) is 0 Å². The van der Waals surface area contributed by atoms with Gasteiger partial charge in [-0.25, -0.2) is 0 Å². The molecule has 0 heterocycles. The van der Waals surface area contributed by atoms with Crippen LogP contribution in [0.3, 0.4) is 0 Å². The average Bonchev–Trinajstić information content (AvgIpc) is 2.14. The summed E-state index contributed by atoms with van der Waals surface area (Å²) in [5.41, 5.74) is 1.52. The van der Waals surface area contributed by atoms with Gasteiger partial charge in [0.15, 0.2) is 5.85 Å². The molecule has 0 aromatic carbocycles. The highest BCUT2D eigenvalue weighted by Crippen LogP contribution is 2.53. The predicted molar refractivity (Wildman–Crippen MR) is 51.7 cm³/mol. The topological polar surface area (TPSA) is 55.8 Å². The first-order valence-corrected chi connectivity index (χ1v) is 5.53. The first kappa shape index (κ1) is 12.8. The molecule has 0 bridgehead atoms. The third kappa shape index (κ3) is 2.92. The normalized spacial score (nSPS) is 14.0. The Morgan fingerprint density at radius 2 is 1.62 bits per heavy atom. The fourth-order valence-electron chi connectivity index (χ4n) is 0.770. The lowest BCUT2D eigenvalue weighted by Crippen LogP contribution is -2.12. The van der Waals surface area contributed by atoms with Gasteiger partial charge in [0.1, 0.15) is 0 Å². The van der Waals surface area contributed by atoms with Gasteiger partial charge < -0.3 is 14.2 Å². The molecule has 1 atom stereocenters. The first-order valence-electron chi connectivity index (χ1n) is 3.92. The Hall–Kier alpha value is -0.150. The molecule has 13 heavy (non-hydrogen) atoms. The molecule has 5 heteroatoms.